The minimum Gasteiger partial charge on any atom is -0.481 e. The van der Waals surface area contributed by atoms with Crippen LogP contribution in [0, 0.1) is 56.2 Å². The first-order valence-electron chi connectivity index (χ1n) is 20.5. The Hall–Kier alpha value is -3.14. The van der Waals surface area contributed by atoms with E-state index in [1.807, 2.05) is 13.8 Å². The fourth-order valence-corrected chi connectivity index (χ4v) is 13.4. The number of hydrogen-bond donors (Lipinski definition) is 2. The third-order valence-corrected chi connectivity index (χ3v) is 16.8. The number of hydrogen-bond acceptors (Lipinski definition) is 8. The number of halogens is 1. The molecule has 0 aliphatic heterocycles. The van der Waals surface area contributed by atoms with Crippen molar-refractivity contribution in [1.82, 2.24) is 15.3 Å². The van der Waals surface area contributed by atoms with Gasteiger partial charge in [0.25, 0.3) is 5.91 Å². The molecule has 2 N–H and O–H groups in total. The predicted octanol–water partition coefficient (Wildman–Crippen LogP) is 8.20. The second kappa shape index (κ2) is 12.9. The van der Waals surface area contributed by atoms with Crippen molar-refractivity contribution >= 4 is 41.0 Å². The highest BCUT2D eigenvalue weighted by Gasteiger charge is 2.71. The van der Waals surface area contributed by atoms with Gasteiger partial charge in [-0.15, -0.1) is 0 Å². The zero-order valence-corrected chi connectivity index (χ0v) is 35.0. The van der Waals surface area contributed by atoms with Crippen LogP contribution in [0.5, 0.6) is 0 Å². The molecule has 0 radical (unpaired) electrons. The van der Waals surface area contributed by atoms with Gasteiger partial charge >= 0.3 is 11.9 Å². The monoisotopic (exact) mass is 777 g/mol. The minimum atomic E-state index is -1.20. The number of nitrogens with zero attached hydrogens (tertiary/aromatic N) is 2. The fourth-order valence-electron chi connectivity index (χ4n) is 13.3. The number of carboxylic acid groups (broad SMARTS) is 1. The number of nitrogens with one attached hydrogen (secondary N) is 1. The molecule has 1 aromatic heterocycles. The molecule has 1 heterocycles. The summed E-state index contributed by atoms with van der Waals surface area (Å²) in [6.07, 6.45) is 10.4. The first-order valence-corrected chi connectivity index (χ1v) is 20.9. The molecule has 6 aliphatic rings. The molecule has 6 aliphatic carbocycles. The number of aromatic nitrogens is 2. The first-order chi connectivity index (χ1) is 25.5. The molecule has 0 bridgehead atoms. The van der Waals surface area contributed by atoms with Gasteiger partial charge in [0.1, 0.15) is 11.6 Å². The van der Waals surface area contributed by atoms with Crippen LogP contribution >= 0.6 is 11.6 Å². The topological polar surface area (TPSA) is 153 Å². The van der Waals surface area contributed by atoms with Gasteiger partial charge in [0.2, 0.25) is 5.78 Å². The Morgan fingerprint density at radius 2 is 1.56 bits per heavy atom. The van der Waals surface area contributed by atoms with Gasteiger partial charge < -0.3 is 15.2 Å². The summed E-state index contributed by atoms with van der Waals surface area (Å²) in [5.74, 6) is -1.58. The van der Waals surface area contributed by atoms with Gasteiger partial charge in [-0.1, -0.05) is 60.1 Å². The fraction of sp³-hybridized carbons (Fsp3) is 0.750. The van der Waals surface area contributed by atoms with Crippen LogP contribution in [0.2, 0.25) is 5.02 Å². The number of ether oxygens (including phenoxy) is 1. The van der Waals surface area contributed by atoms with Crippen molar-refractivity contribution in [1.29, 1.82) is 0 Å². The van der Waals surface area contributed by atoms with Crippen molar-refractivity contribution in [3.8, 4) is 0 Å². The van der Waals surface area contributed by atoms with Gasteiger partial charge in [0.05, 0.1) is 22.3 Å². The molecule has 55 heavy (non-hydrogen) atoms. The summed E-state index contributed by atoms with van der Waals surface area (Å²) in [5, 5.41) is 13.0. The molecule has 0 spiro atoms. The molecule has 1 unspecified atom stereocenters. The summed E-state index contributed by atoms with van der Waals surface area (Å²) < 4.78 is 6.14. The predicted molar refractivity (Wildman–Crippen MR) is 206 cm³/mol. The highest BCUT2D eigenvalue weighted by molar-refractivity contribution is 6.40. The van der Waals surface area contributed by atoms with Gasteiger partial charge in [-0.2, -0.15) is 0 Å². The van der Waals surface area contributed by atoms with E-state index in [1.54, 1.807) is 13.8 Å². The van der Waals surface area contributed by atoms with E-state index in [2.05, 4.69) is 49.9 Å². The average molecular weight is 778 g/mol. The van der Waals surface area contributed by atoms with E-state index >= 15 is 0 Å². The van der Waals surface area contributed by atoms with Crippen molar-refractivity contribution in [2.45, 2.75) is 151 Å². The summed E-state index contributed by atoms with van der Waals surface area (Å²) in [4.78, 5) is 76.5. The number of allylic oxidation sites excluding steroid dienone is 2. The number of carbonyl (C=O) groups is 5. The Balaban J connectivity index is 1.17. The average Bonchev–Trinajstić information content (AvgIpc) is 3.80. The molecule has 1 amide bonds. The largest absolute Gasteiger partial charge is 0.481 e. The van der Waals surface area contributed by atoms with E-state index in [1.165, 1.54) is 12.4 Å². The first kappa shape index (κ1) is 40.1. The number of aliphatic carboxylic acids is 1. The number of amides is 1. The normalized spacial score (nSPS) is 37.3. The standard InChI is InChI=1S/C44H60ClN3O7/c1-24(2)32-27(49)20-43(34(51)35(52)48-44(18-19-44)36-46-22-25(45)23-47-36)17-16-41(8)26(33(32)43)10-11-29-40(7)14-13-30(55-31(50)21-38(3,4)37(53)54)39(5,6)28(40)12-15-42(29,41)9/h22-24,26,28-30H,10-21H2,1-9H3,(H,48,52)(H,53,54)/t26-,28+,29?,30+,40+,41-,42-,43-/m1/s1. The number of esters is 1. The van der Waals surface area contributed by atoms with Crippen molar-refractivity contribution in [2.24, 2.45) is 56.2 Å². The number of rotatable bonds is 9. The maximum Gasteiger partial charge on any atom is 0.309 e. The lowest BCUT2D eigenvalue weighted by Crippen LogP contribution is -2.66. The maximum atomic E-state index is 14.7. The third kappa shape index (κ3) is 5.87. The van der Waals surface area contributed by atoms with E-state index in [0.29, 0.717) is 41.9 Å². The Labute approximate surface area is 330 Å². The van der Waals surface area contributed by atoms with Crippen LogP contribution in [0.25, 0.3) is 0 Å². The zero-order valence-electron chi connectivity index (χ0n) is 34.2. The maximum absolute atomic E-state index is 14.7. The van der Waals surface area contributed by atoms with Crippen LogP contribution in [-0.4, -0.2) is 50.6 Å². The number of carboxylic acids is 1. The van der Waals surface area contributed by atoms with Gasteiger partial charge in [0.15, 0.2) is 11.6 Å². The van der Waals surface area contributed by atoms with Crippen molar-refractivity contribution in [2.75, 3.05) is 0 Å². The molecule has 11 heteroatoms. The summed E-state index contributed by atoms with van der Waals surface area (Å²) in [6, 6.07) is 0. The molecule has 5 saturated carbocycles. The lowest BCUT2D eigenvalue weighted by atomic mass is 9.33. The van der Waals surface area contributed by atoms with Crippen molar-refractivity contribution < 1.29 is 33.8 Å². The van der Waals surface area contributed by atoms with Crippen LogP contribution in [0.4, 0.5) is 0 Å². The lowest BCUT2D eigenvalue weighted by Gasteiger charge is -2.72. The minimum absolute atomic E-state index is 0.000581. The van der Waals surface area contributed by atoms with Crippen LogP contribution in [0.1, 0.15) is 145 Å². The number of carbonyl (C=O) groups excluding carboxylic acids is 4. The van der Waals surface area contributed by atoms with E-state index in [0.717, 1.165) is 56.1 Å². The summed E-state index contributed by atoms with van der Waals surface area (Å²) in [6.45, 7) is 19.0. The second-order valence-electron chi connectivity index (χ2n) is 20.6. The van der Waals surface area contributed by atoms with Crippen LogP contribution in [-0.2, 0) is 34.2 Å². The molecule has 1 aromatic rings. The molecule has 8 atom stereocenters. The lowest BCUT2D eigenvalue weighted by molar-refractivity contribution is -0.233. The highest BCUT2D eigenvalue weighted by atomic mass is 35.5. The van der Waals surface area contributed by atoms with E-state index in [-0.39, 0.29) is 58.2 Å². The molecule has 5 fully saturated rings. The molecule has 0 saturated heterocycles. The van der Waals surface area contributed by atoms with Gasteiger partial charge in [0, 0.05) is 24.2 Å². The quantitative estimate of drug-likeness (QED) is 0.187. The Bertz CT molecular complexity index is 1870. The number of Topliss-reactive ketones (excluding diaryl/α,β-unsaturated/α-hetero) is 2. The van der Waals surface area contributed by atoms with Crippen molar-refractivity contribution in [3.05, 3.63) is 34.4 Å². The zero-order chi connectivity index (χ0) is 40.3. The molecule has 300 valence electrons. The van der Waals surface area contributed by atoms with Crippen molar-refractivity contribution in [3.63, 3.8) is 0 Å². The van der Waals surface area contributed by atoms with Crippen LogP contribution in [0.15, 0.2) is 23.5 Å². The number of fused-ring (bicyclic) bond motifs is 7. The third-order valence-electron chi connectivity index (χ3n) is 16.6. The Morgan fingerprint density at radius 3 is 2.16 bits per heavy atom. The second-order valence-corrected chi connectivity index (χ2v) is 21.0. The van der Waals surface area contributed by atoms with E-state index in [9.17, 15) is 29.1 Å². The highest BCUT2D eigenvalue weighted by Crippen LogP contribution is 2.77. The summed E-state index contributed by atoms with van der Waals surface area (Å²) >= 11 is 6.04. The molecular weight excluding hydrogens is 718 g/mol. The van der Waals surface area contributed by atoms with Gasteiger partial charge in [-0.25, -0.2) is 9.97 Å². The Morgan fingerprint density at radius 1 is 0.909 bits per heavy atom. The van der Waals surface area contributed by atoms with E-state index in [4.69, 9.17) is 16.3 Å². The van der Waals surface area contributed by atoms with E-state index < -0.39 is 40.0 Å². The summed E-state index contributed by atoms with van der Waals surface area (Å²) in [7, 11) is 0. The molecule has 7 rings (SSSR count). The summed E-state index contributed by atoms with van der Waals surface area (Å²) in [5.41, 5.74) is -2.06. The van der Waals surface area contributed by atoms with Crippen LogP contribution in [0.3, 0.4) is 0 Å². The molecular formula is C44H60ClN3O7. The molecule has 10 nitrogen and oxygen atoms in total. The van der Waals surface area contributed by atoms with Gasteiger partial charge in [-0.3, -0.25) is 24.0 Å². The van der Waals surface area contributed by atoms with Gasteiger partial charge in [-0.05, 0) is 129 Å². The smallest absolute Gasteiger partial charge is 0.309 e. The Kier molecular flexibility index (Phi) is 9.43. The SMILES string of the molecule is CC(C)C1=C2[C@H]3CCC4[C@@]5(C)CC[C@H](OC(=O)CC(C)(C)C(=O)O)C(C)(C)[C@@H]5CC[C@@]4(C)[C@]3(C)CC[C@@]2(C(=O)C(=O)NC2(c3ncc(Cl)cn3)CC2)CC1=O. The van der Waals surface area contributed by atoms with Crippen LogP contribution < -0.4 is 5.32 Å². The molecule has 0 aromatic carbocycles. The number of ketones is 2.